The lowest BCUT2D eigenvalue weighted by molar-refractivity contribution is -0.118. The van der Waals surface area contributed by atoms with Crippen LogP contribution in [0.15, 0.2) is 20.5 Å². The van der Waals surface area contributed by atoms with E-state index in [0.29, 0.717) is 18.9 Å². The van der Waals surface area contributed by atoms with E-state index in [2.05, 4.69) is 21.2 Å². The molecule has 0 aromatic carbocycles. The van der Waals surface area contributed by atoms with Crippen LogP contribution in [0.25, 0.3) is 0 Å². The second-order valence-electron chi connectivity index (χ2n) is 4.46. The SMILES string of the molecule is C#CCNCC1=NC(=O)C2C(=N1)SC1=C2CCC1. The number of terminal acetylenes is 1. The van der Waals surface area contributed by atoms with E-state index in [9.17, 15) is 4.79 Å². The number of carbonyl (C=O) groups is 1. The number of amidine groups is 1. The smallest absolute Gasteiger partial charge is 0.261 e. The zero-order valence-corrected chi connectivity index (χ0v) is 10.7. The van der Waals surface area contributed by atoms with Gasteiger partial charge in [0.05, 0.1) is 18.1 Å². The van der Waals surface area contributed by atoms with Crippen LogP contribution in [0.2, 0.25) is 0 Å². The molecule has 0 fully saturated rings. The van der Waals surface area contributed by atoms with Gasteiger partial charge in [-0.2, -0.15) is 4.99 Å². The van der Waals surface area contributed by atoms with Gasteiger partial charge in [0.2, 0.25) is 0 Å². The van der Waals surface area contributed by atoms with Crippen molar-refractivity contribution >= 4 is 28.5 Å². The highest BCUT2D eigenvalue weighted by Crippen LogP contribution is 2.48. The van der Waals surface area contributed by atoms with E-state index in [1.165, 1.54) is 10.5 Å². The molecule has 5 heteroatoms. The molecule has 4 nitrogen and oxygen atoms in total. The first-order valence-corrected chi connectivity index (χ1v) is 6.85. The number of carbonyl (C=O) groups excluding carboxylic acids is 1. The standard InChI is InChI=1S/C13H13N3OS/c1-2-6-14-7-10-15-12(17)11-8-4-3-5-9(8)18-13(11)16-10/h1,11,14H,3-7H2. The third-order valence-electron chi connectivity index (χ3n) is 3.27. The molecule has 18 heavy (non-hydrogen) atoms. The Morgan fingerprint density at radius 2 is 2.33 bits per heavy atom. The third-order valence-corrected chi connectivity index (χ3v) is 4.52. The van der Waals surface area contributed by atoms with Crippen LogP contribution in [0, 0.1) is 18.3 Å². The Hall–Kier alpha value is -1.38. The molecule has 1 N–H and O–H groups in total. The van der Waals surface area contributed by atoms with E-state index in [0.717, 1.165) is 24.3 Å². The zero-order chi connectivity index (χ0) is 12.5. The maximum Gasteiger partial charge on any atom is 0.261 e. The van der Waals surface area contributed by atoms with Crippen molar-refractivity contribution in [1.82, 2.24) is 5.32 Å². The van der Waals surface area contributed by atoms with E-state index in [1.807, 2.05) is 0 Å². The molecule has 0 aromatic rings. The number of fused-ring (bicyclic) bond motifs is 2. The molecule has 0 aromatic heterocycles. The van der Waals surface area contributed by atoms with Gasteiger partial charge in [-0.1, -0.05) is 17.7 Å². The molecule has 0 spiro atoms. The van der Waals surface area contributed by atoms with E-state index in [-0.39, 0.29) is 11.8 Å². The van der Waals surface area contributed by atoms with E-state index in [4.69, 9.17) is 6.42 Å². The van der Waals surface area contributed by atoms with Gasteiger partial charge in [0.15, 0.2) is 0 Å². The van der Waals surface area contributed by atoms with Crippen molar-refractivity contribution < 1.29 is 4.79 Å². The summed E-state index contributed by atoms with van der Waals surface area (Å²) in [6.07, 6.45) is 8.43. The lowest BCUT2D eigenvalue weighted by atomic mass is 9.98. The lowest BCUT2D eigenvalue weighted by Crippen LogP contribution is -2.30. The lowest BCUT2D eigenvalue weighted by Gasteiger charge is -2.16. The summed E-state index contributed by atoms with van der Waals surface area (Å²) in [5.74, 6) is 2.81. The Bertz CT molecular complexity index is 539. The summed E-state index contributed by atoms with van der Waals surface area (Å²) in [4.78, 5) is 22.0. The molecule has 0 bridgehead atoms. The number of hydrogen-bond acceptors (Lipinski definition) is 4. The van der Waals surface area contributed by atoms with Gasteiger partial charge in [0.25, 0.3) is 5.91 Å². The van der Waals surface area contributed by atoms with Gasteiger partial charge < -0.3 is 0 Å². The first-order chi connectivity index (χ1) is 8.79. The molecular formula is C13H13N3OS. The molecule has 2 heterocycles. The molecule has 3 aliphatic rings. The Morgan fingerprint density at radius 3 is 3.17 bits per heavy atom. The minimum absolute atomic E-state index is 0.0584. The van der Waals surface area contributed by atoms with Gasteiger partial charge >= 0.3 is 0 Å². The molecule has 1 atom stereocenters. The first-order valence-electron chi connectivity index (χ1n) is 6.03. The minimum Gasteiger partial charge on any atom is -0.299 e. The number of nitrogens with one attached hydrogen (secondary N) is 1. The minimum atomic E-state index is -0.163. The largest absolute Gasteiger partial charge is 0.299 e. The normalized spacial score (nSPS) is 25.5. The van der Waals surface area contributed by atoms with Crippen molar-refractivity contribution in [2.24, 2.45) is 15.9 Å². The predicted octanol–water partition coefficient (Wildman–Crippen LogP) is 1.35. The number of hydrogen-bond donors (Lipinski definition) is 1. The first kappa shape index (κ1) is 11.7. The molecule has 1 aliphatic carbocycles. The molecule has 1 unspecified atom stereocenters. The number of allylic oxidation sites excluding steroid dienone is 1. The van der Waals surface area contributed by atoms with Gasteiger partial charge in [-0.15, -0.1) is 6.42 Å². The highest BCUT2D eigenvalue weighted by atomic mass is 32.2. The Morgan fingerprint density at radius 1 is 1.44 bits per heavy atom. The summed E-state index contributed by atoms with van der Waals surface area (Å²) in [5, 5.41) is 3.92. The quantitative estimate of drug-likeness (QED) is 0.615. The van der Waals surface area contributed by atoms with Crippen molar-refractivity contribution in [2.75, 3.05) is 13.1 Å². The average Bonchev–Trinajstić information content (AvgIpc) is 2.88. The van der Waals surface area contributed by atoms with Crippen LogP contribution in [0.4, 0.5) is 0 Å². The van der Waals surface area contributed by atoms with Crippen LogP contribution in [0.3, 0.4) is 0 Å². The Balaban J connectivity index is 1.76. The summed E-state index contributed by atoms with van der Waals surface area (Å²) in [7, 11) is 0. The molecular weight excluding hydrogens is 246 g/mol. The van der Waals surface area contributed by atoms with Gasteiger partial charge in [-0.05, 0) is 29.7 Å². The van der Waals surface area contributed by atoms with Crippen molar-refractivity contribution in [2.45, 2.75) is 19.3 Å². The maximum absolute atomic E-state index is 12.1. The molecule has 0 saturated carbocycles. The van der Waals surface area contributed by atoms with E-state index >= 15 is 0 Å². The van der Waals surface area contributed by atoms with Crippen LogP contribution >= 0.6 is 11.8 Å². The van der Waals surface area contributed by atoms with Crippen LogP contribution in [-0.2, 0) is 4.79 Å². The fraction of sp³-hybridized carbons (Fsp3) is 0.462. The van der Waals surface area contributed by atoms with E-state index < -0.39 is 0 Å². The van der Waals surface area contributed by atoms with Crippen LogP contribution in [0.5, 0.6) is 0 Å². The number of amides is 1. The fourth-order valence-electron chi connectivity index (χ4n) is 2.51. The number of rotatable bonds is 3. The van der Waals surface area contributed by atoms with Crippen LogP contribution < -0.4 is 5.32 Å². The van der Waals surface area contributed by atoms with Crippen LogP contribution in [0.1, 0.15) is 19.3 Å². The Labute approximate surface area is 110 Å². The average molecular weight is 259 g/mol. The molecule has 0 radical (unpaired) electrons. The monoisotopic (exact) mass is 259 g/mol. The van der Waals surface area contributed by atoms with Gasteiger partial charge in [-0.3, -0.25) is 10.1 Å². The van der Waals surface area contributed by atoms with Crippen molar-refractivity contribution in [1.29, 1.82) is 0 Å². The van der Waals surface area contributed by atoms with Gasteiger partial charge in [0, 0.05) is 0 Å². The predicted molar refractivity (Wildman–Crippen MR) is 73.5 cm³/mol. The van der Waals surface area contributed by atoms with E-state index in [1.54, 1.807) is 11.8 Å². The maximum atomic E-state index is 12.1. The molecule has 92 valence electrons. The fourth-order valence-corrected chi connectivity index (χ4v) is 3.87. The second-order valence-corrected chi connectivity index (χ2v) is 5.58. The van der Waals surface area contributed by atoms with Crippen molar-refractivity contribution in [3.63, 3.8) is 0 Å². The van der Waals surface area contributed by atoms with Crippen molar-refractivity contribution in [3.8, 4) is 12.3 Å². The summed E-state index contributed by atoms with van der Waals surface area (Å²) >= 11 is 1.67. The summed E-state index contributed by atoms with van der Waals surface area (Å²) in [6.45, 7) is 0.917. The molecule has 1 amide bonds. The summed E-state index contributed by atoms with van der Waals surface area (Å²) in [5.41, 5.74) is 1.27. The number of nitrogens with zero attached hydrogens (tertiary/aromatic N) is 2. The molecule has 3 rings (SSSR count). The molecule has 0 saturated heterocycles. The number of aliphatic imine (C=N–C) groups is 2. The highest BCUT2D eigenvalue weighted by Gasteiger charge is 2.41. The summed E-state index contributed by atoms with van der Waals surface area (Å²) in [6, 6.07) is 0. The second kappa shape index (κ2) is 4.71. The summed E-state index contributed by atoms with van der Waals surface area (Å²) < 4.78 is 0. The van der Waals surface area contributed by atoms with Gasteiger partial charge in [-0.25, -0.2) is 4.99 Å². The number of thioether (sulfide) groups is 1. The topological polar surface area (TPSA) is 53.8 Å². The Kier molecular flexibility index (Phi) is 3.06. The van der Waals surface area contributed by atoms with Crippen molar-refractivity contribution in [3.05, 3.63) is 10.5 Å². The third kappa shape index (κ3) is 1.92. The van der Waals surface area contributed by atoms with Gasteiger partial charge in [0.1, 0.15) is 11.8 Å². The highest BCUT2D eigenvalue weighted by molar-refractivity contribution is 8.17. The zero-order valence-electron chi connectivity index (χ0n) is 9.90. The molecule has 2 aliphatic heterocycles. The van der Waals surface area contributed by atoms with Crippen LogP contribution in [-0.4, -0.2) is 29.9 Å².